The predicted octanol–water partition coefficient (Wildman–Crippen LogP) is 2.13. The smallest absolute Gasteiger partial charge is 0.270 e. The lowest BCUT2D eigenvalue weighted by Gasteiger charge is -2.14. The third kappa shape index (κ3) is 2.41. The Kier molecular flexibility index (Phi) is 3.73. The Labute approximate surface area is 113 Å². The molecule has 0 saturated carbocycles. The third-order valence-electron chi connectivity index (χ3n) is 2.79. The lowest BCUT2D eigenvalue weighted by atomic mass is 10.2. The molecule has 0 aliphatic carbocycles. The molecule has 1 aromatic carbocycles. The summed E-state index contributed by atoms with van der Waals surface area (Å²) in [7, 11) is 1.57. The first kappa shape index (κ1) is 13.8. The van der Waals surface area contributed by atoms with E-state index in [0.717, 1.165) is 0 Å². The van der Waals surface area contributed by atoms with Gasteiger partial charge in [-0.1, -0.05) is 11.6 Å². The molecule has 19 heavy (non-hydrogen) atoms. The van der Waals surface area contributed by atoms with E-state index in [4.69, 9.17) is 17.3 Å². The minimum Gasteiger partial charge on any atom is -0.348 e. The van der Waals surface area contributed by atoms with Gasteiger partial charge in [-0.2, -0.15) is 0 Å². The van der Waals surface area contributed by atoms with E-state index in [9.17, 15) is 13.6 Å². The van der Waals surface area contributed by atoms with Crippen molar-refractivity contribution in [1.29, 1.82) is 0 Å². The molecule has 2 aromatic rings. The highest BCUT2D eigenvalue weighted by Gasteiger charge is 2.18. The van der Waals surface area contributed by atoms with Crippen LogP contribution in [0.3, 0.4) is 0 Å². The van der Waals surface area contributed by atoms with E-state index >= 15 is 0 Å². The molecule has 0 aliphatic heterocycles. The van der Waals surface area contributed by atoms with E-state index in [-0.39, 0.29) is 22.1 Å². The summed E-state index contributed by atoms with van der Waals surface area (Å²) in [6.07, 6.45) is 0. The number of aromatic nitrogens is 1. The fraction of sp³-hybridized carbons (Fsp3) is 0.250. The van der Waals surface area contributed by atoms with Crippen LogP contribution in [0.4, 0.5) is 8.78 Å². The van der Waals surface area contributed by atoms with Gasteiger partial charge in [0, 0.05) is 25.5 Å². The molecule has 0 fully saturated rings. The van der Waals surface area contributed by atoms with Gasteiger partial charge in [-0.25, -0.2) is 8.78 Å². The van der Waals surface area contributed by atoms with Crippen LogP contribution < -0.4 is 5.73 Å². The average Bonchev–Trinajstić information content (AvgIpc) is 2.79. The second kappa shape index (κ2) is 5.14. The minimum absolute atomic E-state index is 0.0774. The number of carbonyl (C=O) groups is 1. The van der Waals surface area contributed by atoms with E-state index in [0.29, 0.717) is 18.5 Å². The number of fused-ring (bicyclic) bond motifs is 1. The van der Waals surface area contributed by atoms with Crippen molar-refractivity contribution in [2.45, 2.75) is 0 Å². The lowest BCUT2D eigenvalue weighted by Crippen LogP contribution is -2.31. The SMILES string of the molecule is CN(CCN)C(=O)c1cc2cc(Cl)c(F)c(F)c2[nH]1. The fourth-order valence-electron chi connectivity index (χ4n) is 1.80. The molecule has 102 valence electrons. The summed E-state index contributed by atoms with van der Waals surface area (Å²) < 4.78 is 27.0. The largest absolute Gasteiger partial charge is 0.348 e. The zero-order chi connectivity index (χ0) is 14.2. The molecule has 7 heteroatoms. The molecule has 0 radical (unpaired) electrons. The quantitative estimate of drug-likeness (QED) is 0.850. The molecule has 2 rings (SSSR count). The van der Waals surface area contributed by atoms with Crippen LogP contribution in [0.25, 0.3) is 10.9 Å². The van der Waals surface area contributed by atoms with Crippen molar-refractivity contribution in [2.75, 3.05) is 20.1 Å². The Hall–Kier alpha value is -1.66. The van der Waals surface area contributed by atoms with Gasteiger partial charge in [-0.15, -0.1) is 0 Å². The van der Waals surface area contributed by atoms with Crippen molar-refractivity contribution in [1.82, 2.24) is 9.88 Å². The highest BCUT2D eigenvalue weighted by atomic mass is 35.5. The Morgan fingerprint density at radius 1 is 1.42 bits per heavy atom. The maximum absolute atomic E-state index is 13.6. The molecule has 0 saturated heterocycles. The van der Waals surface area contributed by atoms with Gasteiger partial charge < -0.3 is 15.6 Å². The Bertz CT molecular complexity index is 641. The number of likely N-dealkylation sites (N-methyl/N-ethyl adjacent to an activating group) is 1. The summed E-state index contributed by atoms with van der Waals surface area (Å²) in [5, 5.41) is 0.0201. The number of carbonyl (C=O) groups excluding carboxylic acids is 1. The highest BCUT2D eigenvalue weighted by molar-refractivity contribution is 6.31. The van der Waals surface area contributed by atoms with Crippen LogP contribution in [0, 0.1) is 11.6 Å². The van der Waals surface area contributed by atoms with Crippen LogP contribution in [0.15, 0.2) is 12.1 Å². The first-order valence-electron chi connectivity index (χ1n) is 5.57. The standard InChI is InChI=1S/C12H12ClF2N3O/c1-18(3-2-16)12(19)8-5-6-4-7(13)9(14)10(15)11(6)17-8/h4-5,17H,2-3,16H2,1H3. The molecular formula is C12H12ClF2N3O. The number of H-pyrrole nitrogens is 1. The van der Waals surface area contributed by atoms with E-state index < -0.39 is 11.6 Å². The van der Waals surface area contributed by atoms with Crippen LogP contribution in [0.5, 0.6) is 0 Å². The highest BCUT2D eigenvalue weighted by Crippen LogP contribution is 2.27. The van der Waals surface area contributed by atoms with Gasteiger partial charge in [0.05, 0.1) is 10.5 Å². The van der Waals surface area contributed by atoms with Crippen molar-refractivity contribution in [3.05, 3.63) is 34.5 Å². The molecule has 0 aliphatic rings. The number of halogens is 3. The first-order chi connectivity index (χ1) is 8.95. The second-order valence-electron chi connectivity index (χ2n) is 4.15. The normalized spacial score (nSPS) is 11.0. The lowest BCUT2D eigenvalue weighted by molar-refractivity contribution is 0.0794. The van der Waals surface area contributed by atoms with Crippen LogP contribution in [-0.2, 0) is 0 Å². The minimum atomic E-state index is -1.13. The van der Waals surface area contributed by atoms with E-state index in [1.807, 2.05) is 0 Å². The number of hydrogen-bond acceptors (Lipinski definition) is 2. The van der Waals surface area contributed by atoms with Gasteiger partial charge in [-0.05, 0) is 12.1 Å². The number of amides is 1. The van der Waals surface area contributed by atoms with E-state index in [2.05, 4.69) is 4.98 Å². The van der Waals surface area contributed by atoms with Crippen molar-refractivity contribution < 1.29 is 13.6 Å². The summed E-state index contributed by atoms with van der Waals surface area (Å²) in [4.78, 5) is 15.9. The summed E-state index contributed by atoms with van der Waals surface area (Å²) in [6, 6.07) is 2.70. The third-order valence-corrected chi connectivity index (χ3v) is 3.07. The van der Waals surface area contributed by atoms with Crippen molar-refractivity contribution in [3.8, 4) is 0 Å². The molecule has 0 atom stereocenters. The summed E-state index contributed by atoms with van der Waals surface area (Å²) in [6.45, 7) is 0.684. The molecular weight excluding hydrogens is 276 g/mol. The fourth-order valence-corrected chi connectivity index (χ4v) is 2.00. The second-order valence-corrected chi connectivity index (χ2v) is 4.56. The maximum Gasteiger partial charge on any atom is 0.270 e. The van der Waals surface area contributed by atoms with E-state index in [1.54, 1.807) is 7.05 Å². The van der Waals surface area contributed by atoms with Crippen molar-refractivity contribution in [2.24, 2.45) is 5.73 Å². The number of hydrogen-bond donors (Lipinski definition) is 2. The zero-order valence-electron chi connectivity index (χ0n) is 10.1. The van der Waals surface area contributed by atoms with Gasteiger partial charge in [0.1, 0.15) is 5.69 Å². The molecule has 3 N–H and O–H groups in total. The van der Waals surface area contributed by atoms with Crippen molar-refractivity contribution in [3.63, 3.8) is 0 Å². The maximum atomic E-state index is 13.6. The average molecular weight is 288 g/mol. The Morgan fingerprint density at radius 2 is 2.11 bits per heavy atom. The monoisotopic (exact) mass is 287 g/mol. The van der Waals surface area contributed by atoms with Gasteiger partial charge in [0.25, 0.3) is 5.91 Å². The molecule has 4 nitrogen and oxygen atoms in total. The summed E-state index contributed by atoms with van der Waals surface area (Å²) >= 11 is 5.55. The molecule has 0 spiro atoms. The van der Waals surface area contributed by atoms with Crippen LogP contribution in [-0.4, -0.2) is 35.9 Å². The molecule has 1 aromatic heterocycles. The number of nitrogens with two attached hydrogens (primary N) is 1. The number of aromatic amines is 1. The summed E-state index contributed by atoms with van der Waals surface area (Å²) in [5.41, 5.74) is 5.43. The number of nitrogens with one attached hydrogen (secondary N) is 1. The van der Waals surface area contributed by atoms with Gasteiger partial charge in [0.2, 0.25) is 0 Å². The summed E-state index contributed by atoms with van der Waals surface area (Å²) in [5.74, 6) is -2.58. The number of rotatable bonds is 3. The van der Waals surface area contributed by atoms with Gasteiger partial charge in [0.15, 0.2) is 11.6 Å². The Morgan fingerprint density at radius 3 is 2.74 bits per heavy atom. The molecule has 1 heterocycles. The molecule has 0 bridgehead atoms. The first-order valence-corrected chi connectivity index (χ1v) is 5.95. The zero-order valence-corrected chi connectivity index (χ0v) is 10.9. The van der Waals surface area contributed by atoms with Gasteiger partial charge >= 0.3 is 0 Å². The molecule has 0 unspecified atom stereocenters. The Balaban J connectivity index is 2.48. The number of benzene rings is 1. The predicted molar refractivity (Wildman–Crippen MR) is 69.2 cm³/mol. The van der Waals surface area contributed by atoms with Crippen LogP contribution >= 0.6 is 11.6 Å². The van der Waals surface area contributed by atoms with Gasteiger partial charge in [-0.3, -0.25) is 4.79 Å². The number of nitrogens with zero attached hydrogens (tertiary/aromatic N) is 1. The van der Waals surface area contributed by atoms with Crippen LogP contribution in [0.1, 0.15) is 10.5 Å². The van der Waals surface area contributed by atoms with Crippen molar-refractivity contribution >= 4 is 28.4 Å². The topological polar surface area (TPSA) is 62.1 Å². The molecule has 1 amide bonds. The van der Waals surface area contributed by atoms with E-state index in [1.165, 1.54) is 17.0 Å². The van der Waals surface area contributed by atoms with Crippen LogP contribution in [0.2, 0.25) is 5.02 Å².